The molecule has 0 unspecified atom stereocenters. The van der Waals surface area contributed by atoms with Crippen LogP contribution in [0.15, 0.2) is 18.2 Å². The van der Waals surface area contributed by atoms with Crippen LogP contribution in [0.5, 0.6) is 0 Å². The fourth-order valence-corrected chi connectivity index (χ4v) is 3.01. The third-order valence-corrected chi connectivity index (χ3v) is 4.83. The van der Waals surface area contributed by atoms with Crippen molar-refractivity contribution in [2.45, 2.75) is 38.6 Å². The summed E-state index contributed by atoms with van der Waals surface area (Å²) >= 11 is 12.1. The lowest BCUT2D eigenvalue weighted by Crippen LogP contribution is -2.39. The number of Topliss-reactive ketones (excluding diaryl/α,β-unsaturated/α-hetero) is 1. The molecule has 1 aliphatic heterocycles. The van der Waals surface area contributed by atoms with Crippen LogP contribution in [0.4, 0.5) is 0 Å². The van der Waals surface area contributed by atoms with Crippen LogP contribution < -0.4 is 5.32 Å². The zero-order chi connectivity index (χ0) is 16.1. The molecule has 1 saturated heterocycles. The van der Waals surface area contributed by atoms with Gasteiger partial charge in [0, 0.05) is 31.7 Å². The van der Waals surface area contributed by atoms with Gasteiger partial charge in [-0.05, 0) is 30.5 Å². The lowest BCUT2D eigenvalue weighted by molar-refractivity contribution is -0.123. The van der Waals surface area contributed by atoms with Crippen molar-refractivity contribution in [2.75, 3.05) is 19.8 Å². The van der Waals surface area contributed by atoms with Gasteiger partial charge in [0.2, 0.25) is 0 Å². The molecule has 0 amide bonds. The number of rotatable bonds is 6. The van der Waals surface area contributed by atoms with Crippen LogP contribution in [-0.2, 0) is 9.53 Å². The maximum atomic E-state index is 12.6. The summed E-state index contributed by atoms with van der Waals surface area (Å²) in [6.45, 7) is 6.06. The van der Waals surface area contributed by atoms with E-state index in [0.29, 0.717) is 22.6 Å². The van der Waals surface area contributed by atoms with Crippen molar-refractivity contribution in [1.82, 2.24) is 5.32 Å². The number of carbonyl (C=O) groups is 1. The molecule has 1 aromatic rings. The first-order valence-corrected chi connectivity index (χ1v) is 8.54. The number of ether oxygens (including phenoxy) is 1. The van der Waals surface area contributed by atoms with Crippen molar-refractivity contribution in [2.24, 2.45) is 5.92 Å². The lowest BCUT2D eigenvalue weighted by Gasteiger charge is -2.26. The molecule has 0 saturated carbocycles. The molecule has 5 heteroatoms. The molecular formula is C17H23Cl2NO2. The van der Waals surface area contributed by atoms with Crippen molar-refractivity contribution < 1.29 is 9.53 Å². The number of halogens is 2. The van der Waals surface area contributed by atoms with Crippen LogP contribution >= 0.6 is 23.2 Å². The average molecular weight is 344 g/mol. The molecule has 1 heterocycles. The van der Waals surface area contributed by atoms with Gasteiger partial charge in [0.25, 0.3) is 0 Å². The van der Waals surface area contributed by atoms with Crippen molar-refractivity contribution in [3.63, 3.8) is 0 Å². The van der Waals surface area contributed by atoms with Gasteiger partial charge in [-0.3, -0.25) is 4.79 Å². The van der Waals surface area contributed by atoms with Gasteiger partial charge in [0.05, 0.1) is 16.0 Å². The molecule has 22 heavy (non-hydrogen) atoms. The molecule has 0 bridgehead atoms. The van der Waals surface area contributed by atoms with Crippen LogP contribution in [0.2, 0.25) is 10.0 Å². The Morgan fingerprint density at radius 1 is 1.27 bits per heavy atom. The summed E-state index contributed by atoms with van der Waals surface area (Å²) in [4.78, 5) is 12.6. The summed E-state index contributed by atoms with van der Waals surface area (Å²) in [5.74, 6) is 0.00602. The number of hydrogen-bond acceptors (Lipinski definition) is 3. The quantitative estimate of drug-likeness (QED) is 0.845. The van der Waals surface area contributed by atoms with Gasteiger partial charge in [0.15, 0.2) is 0 Å². The molecule has 0 radical (unpaired) electrons. The Morgan fingerprint density at radius 2 is 1.95 bits per heavy atom. The molecule has 0 spiro atoms. The molecule has 122 valence electrons. The third-order valence-electron chi connectivity index (χ3n) is 4.09. The maximum Gasteiger partial charge on any atom is 0.144 e. The van der Waals surface area contributed by atoms with Crippen LogP contribution in [0.1, 0.15) is 38.2 Å². The Hall–Kier alpha value is -0.610. The van der Waals surface area contributed by atoms with Crippen molar-refractivity contribution >= 4 is 29.0 Å². The number of ketones is 1. The van der Waals surface area contributed by atoms with Crippen molar-refractivity contribution in [3.05, 3.63) is 33.8 Å². The predicted octanol–water partition coefficient (Wildman–Crippen LogP) is 4.07. The Morgan fingerprint density at radius 3 is 2.55 bits per heavy atom. The first-order valence-electron chi connectivity index (χ1n) is 7.79. The first kappa shape index (κ1) is 17.7. The van der Waals surface area contributed by atoms with Gasteiger partial charge >= 0.3 is 0 Å². The lowest BCUT2D eigenvalue weighted by atomic mass is 9.88. The van der Waals surface area contributed by atoms with Crippen LogP contribution in [-0.4, -0.2) is 31.6 Å². The van der Waals surface area contributed by atoms with E-state index in [1.165, 1.54) is 0 Å². The SMILES string of the molecule is CC(C)C(=O)[C@H](CNC1CCOCC1)c1ccc(Cl)c(Cl)c1. The van der Waals surface area contributed by atoms with Crippen LogP contribution in [0, 0.1) is 5.92 Å². The molecule has 0 aromatic heterocycles. The highest BCUT2D eigenvalue weighted by Crippen LogP contribution is 2.28. The highest BCUT2D eigenvalue weighted by molar-refractivity contribution is 6.42. The van der Waals surface area contributed by atoms with Gasteiger partial charge in [-0.2, -0.15) is 0 Å². The minimum absolute atomic E-state index is 0.0176. The topological polar surface area (TPSA) is 38.3 Å². The predicted molar refractivity (Wildman–Crippen MR) is 90.9 cm³/mol. The zero-order valence-corrected chi connectivity index (χ0v) is 14.6. The fraction of sp³-hybridized carbons (Fsp3) is 0.588. The Balaban J connectivity index is 2.11. The minimum atomic E-state index is -0.197. The highest BCUT2D eigenvalue weighted by Gasteiger charge is 2.25. The fourth-order valence-electron chi connectivity index (χ4n) is 2.70. The van der Waals surface area contributed by atoms with Crippen molar-refractivity contribution in [3.8, 4) is 0 Å². The third kappa shape index (κ3) is 4.69. The highest BCUT2D eigenvalue weighted by atomic mass is 35.5. The monoisotopic (exact) mass is 343 g/mol. The number of hydrogen-bond donors (Lipinski definition) is 1. The van der Waals surface area contributed by atoms with E-state index in [1.54, 1.807) is 12.1 Å². The van der Waals surface area contributed by atoms with E-state index < -0.39 is 0 Å². The van der Waals surface area contributed by atoms with E-state index in [9.17, 15) is 4.79 Å². The van der Waals surface area contributed by atoms with Gasteiger partial charge in [-0.25, -0.2) is 0 Å². The number of benzene rings is 1. The Kier molecular flexibility index (Phi) is 6.69. The normalized spacial score (nSPS) is 17.7. The van der Waals surface area contributed by atoms with Crippen LogP contribution in [0.3, 0.4) is 0 Å². The first-order chi connectivity index (χ1) is 10.5. The van der Waals surface area contributed by atoms with Crippen LogP contribution in [0.25, 0.3) is 0 Å². The van der Waals surface area contributed by atoms with Gasteiger partial charge in [0.1, 0.15) is 5.78 Å². The standard InChI is InChI=1S/C17H23Cl2NO2/c1-11(2)17(21)14(10-20-13-5-7-22-8-6-13)12-3-4-15(18)16(19)9-12/h3-4,9,11,13-14,20H,5-8,10H2,1-2H3/t14-/m1/s1. The Labute approximate surface area is 142 Å². The van der Waals surface area contributed by atoms with E-state index in [0.717, 1.165) is 31.6 Å². The van der Waals surface area contributed by atoms with E-state index in [2.05, 4.69) is 5.32 Å². The molecule has 1 fully saturated rings. The van der Waals surface area contributed by atoms with E-state index in [1.807, 2.05) is 19.9 Å². The maximum absolute atomic E-state index is 12.6. The molecular weight excluding hydrogens is 321 g/mol. The Bertz CT molecular complexity index is 513. The minimum Gasteiger partial charge on any atom is -0.381 e. The van der Waals surface area contributed by atoms with Gasteiger partial charge < -0.3 is 10.1 Å². The summed E-state index contributed by atoms with van der Waals surface area (Å²) in [6.07, 6.45) is 1.98. The second kappa shape index (κ2) is 8.30. The van der Waals surface area contributed by atoms with E-state index >= 15 is 0 Å². The summed E-state index contributed by atoms with van der Waals surface area (Å²) < 4.78 is 5.37. The van der Waals surface area contributed by atoms with Crippen molar-refractivity contribution in [1.29, 1.82) is 0 Å². The average Bonchev–Trinajstić information content (AvgIpc) is 2.51. The molecule has 3 nitrogen and oxygen atoms in total. The second-order valence-electron chi connectivity index (χ2n) is 6.08. The molecule has 1 aromatic carbocycles. The number of nitrogens with one attached hydrogen (secondary N) is 1. The molecule has 1 aliphatic rings. The van der Waals surface area contributed by atoms with Gasteiger partial charge in [-0.1, -0.05) is 43.1 Å². The summed E-state index contributed by atoms with van der Waals surface area (Å²) in [5.41, 5.74) is 0.924. The molecule has 0 aliphatic carbocycles. The van der Waals surface area contributed by atoms with E-state index in [4.69, 9.17) is 27.9 Å². The number of carbonyl (C=O) groups excluding carboxylic acids is 1. The second-order valence-corrected chi connectivity index (χ2v) is 6.89. The molecule has 1 N–H and O–H groups in total. The molecule has 2 rings (SSSR count). The molecule has 1 atom stereocenters. The van der Waals surface area contributed by atoms with Gasteiger partial charge in [-0.15, -0.1) is 0 Å². The van der Waals surface area contributed by atoms with E-state index in [-0.39, 0.29) is 17.6 Å². The largest absolute Gasteiger partial charge is 0.381 e. The smallest absolute Gasteiger partial charge is 0.144 e. The summed E-state index contributed by atoms with van der Waals surface area (Å²) in [6, 6.07) is 5.87. The zero-order valence-electron chi connectivity index (χ0n) is 13.1. The summed E-state index contributed by atoms with van der Waals surface area (Å²) in [7, 11) is 0. The summed E-state index contributed by atoms with van der Waals surface area (Å²) in [5, 5.41) is 4.52.